The fourth-order valence-corrected chi connectivity index (χ4v) is 3.17. The van der Waals surface area contributed by atoms with Gasteiger partial charge in [-0.05, 0) is 34.4 Å². The minimum Gasteiger partial charge on any atom is -0.121 e. The van der Waals surface area contributed by atoms with Crippen LogP contribution in [0, 0.1) is 0 Å². The number of hydrogen-bond donors (Lipinski definition) is 0. The van der Waals surface area contributed by atoms with Crippen molar-refractivity contribution in [3.05, 3.63) is 60.2 Å². The third kappa shape index (κ3) is 1.81. The van der Waals surface area contributed by atoms with Crippen molar-refractivity contribution >= 4 is 28.6 Å². The lowest BCUT2D eigenvalue weighted by atomic mass is 9.93. The zero-order valence-electron chi connectivity index (χ0n) is 9.65. The third-order valence-electron chi connectivity index (χ3n) is 3.11. The summed E-state index contributed by atoms with van der Waals surface area (Å²) in [6.07, 6.45) is 7.54. The number of hydrogen-bond acceptors (Lipinski definition) is 1. The molecule has 0 aliphatic heterocycles. The second-order valence-corrected chi connectivity index (χ2v) is 5.26. The van der Waals surface area contributed by atoms with Gasteiger partial charge in [0, 0.05) is 10.6 Å². The summed E-state index contributed by atoms with van der Waals surface area (Å²) in [6.45, 7) is 3.79. The smallest absolute Gasteiger partial charge is 0.0158 e. The first-order valence-electron chi connectivity index (χ1n) is 5.85. The Kier molecular flexibility index (Phi) is 2.77. The summed E-state index contributed by atoms with van der Waals surface area (Å²) in [5, 5.41) is 2.79. The van der Waals surface area contributed by atoms with Gasteiger partial charge in [-0.1, -0.05) is 42.5 Å². The molecule has 1 aliphatic rings. The zero-order valence-corrected chi connectivity index (χ0v) is 10.5. The lowest BCUT2D eigenvalue weighted by Gasteiger charge is -2.15. The van der Waals surface area contributed by atoms with Crippen molar-refractivity contribution < 1.29 is 0 Å². The molecule has 0 saturated heterocycles. The molecule has 0 amide bonds. The van der Waals surface area contributed by atoms with Gasteiger partial charge in [0.05, 0.1) is 0 Å². The normalized spacial score (nSPS) is 12.9. The summed E-state index contributed by atoms with van der Waals surface area (Å²) in [6, 6.07) is 11.0. The Balaban J connectivity index is 2.24. The summed E-state index contributed by atoms with van der Waals surface area (Å²) in [7, 11) is 0. The average molecular weight is 238 g/mol. The van der Waals surface area contributed by atoms with Crippen molar-refractivity contribution in [2.24, 2.45) is 0 Å². The Hall–Kier alpha value is -1.47. The fraction of sp³-hybridized carbons (Fsp3) is 0.125. The SMILES string of the molecule is C=CCSc1ccc2cccc3c2c1C=CC3. The van der Waals surface area contributed by atoms with E-state index < -0.39 is 0 Å². The summed E-state index contributed by atoms with van der Waals surface area (Å²) < 4.78 is 0. The van der Waals surface area contributed by atoms with E-state index in [0.717, 1.165) is 12.2 Å². The van der Waals surface area contributed by atoms with E-state index in [9.17, 15) is 0 Å². The Morgan fingerprint density at radius 1 is 1.24 bits per heavy atom. The second kappa shape index (κ2) is 4.42. The molecule has 0 aromatic heterocycles. The molecular formula is C16H14S. The molecule has 0 nitrogen and oxygen atoms in total. The van der Waals surface area contributed by atoms with E-state index in [1.54, 1.807) is 0 Å². The Bertz CT molecular complexity index is 608. The maximum Gasteiger partial charge on any atom is 0.0158 e. The van der Waals surface area contributed by atoms with Crippen molar-refractivity contribution in [3.8, 4) is 0 Å². The van der Waals surface area contributed by atoms with Crippen LogP contribution in [0.3, 0.4) is 0 Å². The van der Waals surface area contributed by atoms with Crippen LogP contribution in [-0.2, 0) is 6.42 Å². The van der Waals surface area contributed by atoms with Crippen LogP contribution in [0.5, 0.6) is 0 Å². The predicted molar refractivity (Wildman–Crippen MR) is 77.6 cm³/mol. The summed E-state index contributed by atoms with van der Waals surface area (Å²) in [4.78, 5) is 1.36. The number of benzene rings is 2. The molecule has 1 aliphatic carbocycles. The fourth-order valence-electron chi connectivity index (χ4n) is 2.38. The highest BCUT2D eigenvalue weighted by Crippen LogP contribution is 2.35. The van der Waals surface area contributed by atoms with E-state index in [1.165, 1.54) is 26.8 Å². The summed E-state index contributed by atoms with van der Waals surface area (Å²) >= 11 is 1.86. The molecule has 0 saturated carbocycles. The first-order valence-corrected chi connectivity index (χ1v) is 6.83. The van der Waals surface area contributed by atoms with Crippen molar-refractivity contribution in [2.45, 2.75) is 11.3 Å². The van der Waals surface area contributed by atoms with Crippen LogP contribution < -0.4 is 0 Å². The monoisotopic (exact) mass is 238 g/mol. The molecule has 0 radical (unpaired) electrons. The number of allylic oxidation sites excluding steroid dienone is 1. The van der Waals surface area contributed by atoms with Gasteiger partial charge in [0.1, 0.15) is 0 Å². The largest absolute Gasteiger partial charge is 0.121 e. The molecule has 0 fully saturated rings. The Morgan fingerprint density at radius 3 is 3.06 bits per heavy atom. The molecule has 0 unspecified atom stereocenters. The van der Waals surface area contributed by atoms with Gasteiger partial charge in [-0.25, -0.2) is 0 Å². The second-order valence-electron chi connectivity index (χ2n) is 4.20. The summed E-state index contributed by atoms with van der Waals surface area (Å²) in [5.74, 6) is 0.967. The maximum absolute atomic E-state index is 3.79. The van der Waals surface area contributed by atoms with Gasteiger partial charge in [0.15, 0.2) is 0 Å². The molecule has 1 heteroatoms. The lowest BCUT2D eigenvalue weighted by molar-refractivity contribution is 1.27. The van der Waals surface area contributed by atoms with Crippen LogP contribution >= 0.6 is 11.8 Å². The molecular weight excluding hydrogens is 224 g/mol. The van der Waals surface area contributed by atoms with E-state index in [4.69, 9.17) is 0 Å². The molecule has 0 bridgehead atoms. The third-order valence-corrected chi connectivity index (χ3v) is 4.18. The molecule has 3 rings (SSSR count). The molecule has 0 spiro atoms. The van der Waals surface area contributed by atoms with Crippen molar-refractivity contribution in [2.75, 3.05) is 5.75 Å². The average Bonchev–Trinajstić information content (AvgIpc) is 2.39. The minimum absolute atomic E-state index is 0.967. The highest BCUT2D eigenvalue weighted by Gasteiger charge is 2.11. The quantitative estimate of drug-likeness (QED) is 0.552. The van der Waals surface area contributed by atoms with Gasteiger partial charge in [-0.3, -0.25) is 0 Å². The van der Waals surface area contributed by atoms with Gasteiger partial charge in [-0.2, -0.15) is 0 Å². The van der Waals surface area contributed by atoms with E-state index in [0.29, 0.717) is 0 Å². The molecule has 17 heavy (non-hydrogen) atoms. The van der Waals surface area contributed by atoms with Gasteiger partial charge in [0.2, 0.25) is 0 Å². The summed E-state index contributed by atoms with van der Waals surface area (Å²) in [5.41, 5.74) is 2.83. The highest BCUT2D eigenvalue weighted by atomic mass is 32.2. The molecule has 2 aromatic rings. The van der Waals surface area contributed by atoms with Crippen molar-refractivity contribution in [3.63, 3.8) is 0 Å². The van der Waals surface area contributed by atoms with Gasteiger partial charge in [-0.15, -0.1) is 18.3 Å². The van der Waals surface area contributed by atoms with Crippen LogP contribution in [0.4, 0.5) is 0 Å². The van der Waals surface area contributed by atoms with E-state index in [-0.39, 0.29) is 0 Å². The van der Waals surface area contributed by atoms with Crippen LogP contribution in [0.1, 0.15) is 11.1 Å². The first-order chi connectivity index (χ1) is 8.40. The Morgan fingerprint density at radius 2 is 2.18 bits per heavy atom. The van der Waals surface area contributed by atoms with Crippen LogP contribution in [0.25, 0.3) is 16.8 Å². The van der Waals surface area contributed by atoms with Crippen molar-refractivity contribution in [1.82, 2.24) is 0 Å². The maximum atomic E-state index is 3.79. The molecule has 0 heterocycles. The zero-order chi connectivity index (χ0) is 11.7. The van der Waals surface area contributed by atoms with E-state index >= 15 is 0 Å². The van der Waals surface area contributed by atoms with E-state index in [2.05, 4.69) is 49.1 Å². The van der Waals surface area contributed by atoms with Gasteiger partial charge >= 0.3 is 0 Å². The van der Waals surface area contributed by atoms with Crippen molar-refractivity contribution in [1.29, 1.82) is 0 Å². The van der Waals surface area contributed by atoms with Crippen LogP contribution in [-0.4, -0.2) is 5.75 Å². The number of rotatable bonds is 3. The van der Waals surface area contributed by atoms with Gasteiger partial charge < -0.3 is 0 Å². The molecule has 0 atom stereocenters. The van der Waals surface area contributed by atoms with E-state index in [1.807, 2.05) is 17.8 Å². The van der Waals surface area contributed by atoms with Crippen LogP contribution in [0.2, 0.25) is 0 Å². The first kappa shape index (κ1) is 10.7. The molecule has 0 N–H and O–H groups in total. The number of thioether (sulfide) groups is 1. The molecule has 84 valence electrons. The predicted octanol–water partition coefficient (Wildman–Crippen LogP) is 4.69. The topological polar surface area (TPSA) is 0 Å². The standard InChI is InChI=1S/C16H14S/c1-2-11-17-15-10-9-13-6-3-5-12-7-4-8-14(15)16(12)13/h2-6,8-10H,1,7,11H2. The molecule has 2 aromatic carbocycles. The van der Waals surface area contributed by atoms with Gasteiger partial charge in [0.25, 0.3) is 0 Å². The Labute approximate surface area is 106 Å². The lowest BCUT2D eigenvalue weighted by Crippen LogP contribution is -1.94. The highest BCUT2D eigenvalue weighted by molar-refractivity contribution is 7.99. The van der Waals surface area contributed by atoms with Crippen LogP contribution in [0.15, 0.2) is 54.0 Å². The minimum atomic E-state index is 0.967.